The van der Waals surface area contributed by atoms with Gasteiger partial charge in [0.2, 0.25) is 10.0 Å². The second-order valence-electron chi connectivity index (χ2n) is 7.04. The first kappa shape index (κ1) is 18.0. The Labute approximate surface area is 158 Å². The number of pyridine rings is 1. The van der Waals surface area contributed by atoms with Gasteiger partial charge in [0.05, 0.1) is 23.3 Å². The first-order chi connectivity index (χ1) is 12.5. The van der Waals surface area contributed by atoms with Gasteiger partial charge in [-0.15, -0.1) is 11.8 Å². The summed E-state index contributed by atoms with van der Waals surface area (Å²) in [6.45, 7) is 3.59. The van der Waals surface area contributed by atoms with Gasteiger partial charge in [-0.05, 0) is 37.6 Å². The topological polar surface area (TPSA) is 59.5 Å². The summed E-state index contributed by atoms with van der Waals surface area (Å²) < 4.78 is 33.1. The zero-order valence-corrected chi connectivity index (χ0v) is 16.3. The van der Waals surface area contributed by atoms with Gasteiger partial charge < -0.3 is 4.74 Å². The Balaban J connectivity index is 1.33. The van der Waals surface area contributed by atoms with Gasteiger partial charge in [-0.3, -0.25) is 4.98 Å². The van der Waals surface area contributed by atoms with Crippen LogP contribution in [0.3, 0.4) is 0 Å². The van der Waals surface area contributed by atoms with Crippen molar-refractivity contribution in [1.82, 2.24) is 9.29 Å². The van der Waals surface area contributed by atoms with E-state index in [1.54, 1.807) is 22.6 Å². The molecule has 0 N–H and O–H groups in total. The lowest BCUT2D eigenvalue weighted by molar-refractivity contribution is 0.0380. The van der Waals surface area contributed by atoms with Crippen molar-refractivity contribution in [2.45, 2.75) is 35.7 Å². The van der Waals surface area contributed by atoms with Gasteiger partial charge in [-0.25, -0.2) is 8.42 Å². The van der Waals surface area contributed by atoms with Crippen LogP contribution < -0.4 is 0 Å². The first-order valence-corrected chi connectivity index (χ1v) is 11.1. The molecular formula is C19H22N2O3S2. The predicted octanol–water partition coefficient (Wildman–Crippen LogP) is 2.86. The number of rotatable bonds is 5. The molecule has 5 nitrogen and oxygen atoms in total. The van der Waals surface area contributed by atoms with E-state index in [1.807, 2.05) is 49.0 Å². The maximum absolute atomic E-state index is 12.7. The zero-order valence-electron chi connectivity index (χ0n) is 14.7. The lowest BCUT2D eigenvalue weighted by Crippen LogP contribution is -2.60. The molecule has 2 aliphatic rings. The highest BCUT2D eigenvalue weighted by Crippen LogP contribution is 2.47. The van der Waals surface area contributed by atoms with Crippen LogP contribution in [-0.4, -0.2) is 47.4 Å². The van der Waals surface area contributed by atoms with Gasteiger partial charge in [0.25, 0.3) is 0 Å². The summed E-state index contributed by atoms with van der Waals surface area (Å²) >= 11 is 1.84. The number of hydrogen-bond donors (Lipinski definition) is 0. The molecule has 0 radical (unpaired) electrons. The first-order valence-electron chi connectivity index (χ1n) is 8.69. The number of aryl methyl sites for hydroxylation is 1. The largest absolute Gasteiger partial charge is 0.371 e. The van der Waals surface area contributed by atoms with Crippen molar-refractivity contribution in [2.24, 2.45) is 0 Å². The number of aromatic nitrogens is 1. The number of ether oxygens (including phenoxy) is 1. The van der Waals surface area contributed by atoms with Crippen LogP contribution in [-0.2, 0) is 21.4 Å². The summed E-state index contributed by atoms with van der Waals surface area (Å²) in [5.74, 6) is 0.908. The summed E-state index contributed by atoms with van der Waals surface area (Å²) in [6, 6.07) is 12.9. The van der Waals surface area contributed by atoms with E-state index in [0.717, 1.165) is 23.4 Å². The molecule has 0 amide bonds. The lowest BCUT2D eigenvalue weighted by atomic mass is 9.95. The Morgan fingerprint density at radius 3 is 2.69 bits per heavy atom. The molecule has 26 heavy (non-hydrogen) atoms. The van der Waals surface area contributed by atoms with E-state index in [1.165, 1.54) is 0 Å². The second kappa shape index (κ2) is 6.96. The second-order valence-corrected chi connectivity index (χ2v) is 10.5. The Morgan fingerprint density at radius 2 is 2.00 bits per heavy atom. The van der Waals surface area contributed by atoms with Crippen LogP contribution in [0.15, 0.2) is 53.6 Å². The summed E-state index contributed by atoms with van der Waals surface area (Å²) in [4.78, 5) is 4.65. The summed E-state index contributed by atoms with van der Waals surface area (Å²) in [5.41, 5.74) is 1.99. The van der Waals surface area contributed by atoms with E-state index in [4.69, 9.17) is 4.74 Å². The Morgan fingerprint density at radius 1 is 1.23 bits per heavy atom. The monoisotopic (exact) mass is 390 g/mol. The van der Waals surface area contributed by atoms with Gasteiger partial charge in [0.1, 0.15) is 0 Å². The third-order valence-corrected chi connectivity index (χ3v) is 8.34. The molecule has 0 saturated carbocycles. The Bertz CT molecular complexity index is 863. The fourth-order valence-corrected chi connectivity index (χ4v) is 6.77. The average Bonchev–Trinajstić information content (AvgIpc) is 3.05. The van der Waals surface area contributed by atoms with Crippen LogP contribution in [0.25, 0.3) is 0 Å². The van der Waals surface area contributed by atoms with Gasteiger partial charge in [0, 0.05) is 29.8 Å². The normalized spacial score (nSPS) is 22.4. The van der Waals surface area contributed by atoms with E-state index >= 15 is 0 Å². The van der Waals surface area contributed by atoms with Gasteiger partial charge in [-0.1, -0.05) is 23.8 Å². The molecule has 0 unspecified atom stereocenters. The molecular weight excluding hydrogens is 368 g/mol. The molecule has 0 aliphatic carbocycles. The molecule has 1 aromatic heterocycles. The van der Waals surface area contributed by atoms with Crippen LogP contribution in [0.1, 0.15) is 17.7 Å². The van der Waals surface area contributed by atoms with Crippen LogP contribution in [0, 0.1) is 6.92 Å². The number of thioether (sulfide) groups is 1. The molecule has 2 saturated heterocycles. The van der Waals surface area contributed by atoms with E-state index in [0.29, 0.717) is 24.6 Å². The predicted molar refractivity (Wildman–Crippen MR) is 103 cm³/mol. The molecule has 2 aromatic rings. The van der Waals surface area contributed by atoms with Crippen molar-refractivity contribution in [1.29, 1.82) is 0 Å². The van der Waals surface area contributed by atoms with Crippen LogP contribution >= 0.6 is 11.8 Å². The van der Waals surface area contributed by atoms with Crippen LogP contribution in [0.2, 0.25) is 0 Å². The third-order valence-electron chi connectivity index (χ3n) is 4.96. The van der Waals surface area contributed by atoms with Gasteiger partial charge >= 0.3 is 0 Å². The summed E-state index contributed by atoms with van der Waals surface area (Å²) in [6.07, 6.45) is 2.82. The summed E-state index contributed by atoms with van der Waals surface area (Å²) in [5, 5.41) is 0. The van der Waals surface area contributed by atoms with Crippen LogP contribution in [0.4, 0.5) is 0 Å². The van der Waals surface area contributed by atoms with E-state index < -0.39 is 10.0 Å². The van der Waals surface area contributed by atoms with Gasteiger partial charge in [-0.2, -0.15) is 4.31 Å². The molecule has 1 atom stereocenters. The van der Waals surface area contributed by atoms with Crippen LogP contribution in [0.5, 0.6) is 0 Å². The minimum atomic E-state index is -3.39. The highest BCUT2D eigenvalue weighted by molar-refractivity contribution is 8.01. The number of nitrogens with zero attached hydrogens (tertiary/aromatic N) is 2. The quantitative estimate of drug-likeness (QED) is 0.786. The third kappa shape index (κ3) is 3.53. The van der Waals surface area contributed by atoms with Crippen molar-refractivity contribution in [3.63, 3.8) is 0 Å². The molecule has 1 spiro atoms. The average molecular weight is 391 g/mol. The van der Waals surface area contributed by atoms with Crippen molar-refractivity contribution in [2.75, 3.05) is 18.8 Å². The Hall–Kier alpha value is -1.41. The number of sulfonamides is 1. The minimum absolute atomic E-state index is 0.00650. The molecule has 2 fully saturated rings. The van der Waals surface area contributed by atoms with Crippen molar-refractivity contribution in [3.05, 3.63) is 59.9 Å². The highest BCUT2D eigenvalue weighted by Gasteiger charge is 2.53. The van der Waals surface area contributed by atoms with Gasteiger partial charge in [0.15, 0.2) is 0 Å². The van der Waals surface area contributed by atoms with Crippen molar-refractivity contribution >= 4 is 21.8 Å². The highest BCUT2D eigenvalue weighted by atomic mass is 32.2. The fourth-order valence-electron chi connectivity index (χ4n) is 3.44. The Kier molecular flexibility index (Phi) is 4.81. The molecule has 1 aromatic carbocycles. The van der Waals surface area contributed by atoms with E-state index in [9.17, 15) is 8.42 Å². The molecule has 4 rings (SSSR count). The molecule has 3 heterocycles. The standard InChI is InChI=1S/C19H22N2O3S2/c1-15-5-7-18(8-6-15)26(22,23)21-13-19(14-21)10-17(12-25-19)24-11-16-4-2-3-9-20-16/h2-9,17H,10-14H2,1H3/t17-/m1/s1. The van der Waals surface area contributed by atoms with E-state index in [2.05, 4.69) is 4.98 Å². The fraction of sp³-hybridized carbons (Fsp3) is 0.421. The molecule has 2 aliphatic heterocycles. The lowest BCUT2D eigenvalue weighted by Gasteiger charge is -2.46. The van der Waals surface area contributed by atoms with E-state index in [-0.39, 0.29) is 10.9 Å². The van der Waals surface area contributed by atoms with Crippen molar-refractivity contribution in [3.8, 4) is 0 Å². The van der Waals surface area contributed by atoms with Crippen molar-refractivity contribution < 1.29 is 13.2 Å². The number of benzene rings is 1. The SMILES string of the molecule is Cc1ccc(S(=O)(=O)N2CC3(C[C@@H](OCc4ccccn4)CS3)C2)cc1. The summed E-state index contributed by atoms with van der Waals surface area (Å²) in [7, 11) is -3.39. The molecule has 0 bridgehead atoms. The maximum atomic E-state index is 12.7. The minimum Gasteiger partial charge on any atom is -0.371 e. The maximum Gasteiger partial charge on any atom is 0.243 e. The number of hydrogen-bond acceptors (Lipinski definition) is 5. The molecule has 7 heteroatoms. The smallest absolute Gasteiger partial charge is 0.243 e. The molecule has 138 valence electrons. The zero-order chi connectivity index (χ0) is 18.2.